The van der Waals surface area contributed by atoms with Crippen molar-refractivity contribution in [2.75, 3.05) is 6.54 Å². The lowest BCUT2D eigenvalue weighted by atomic mass is 10.0. The number of amides is 2. The Balaban J connectivity index is 1.92. The van der Waals surface area contributed by atoms with Gasteiger partial charge in [0.15, 0.2) is 0 Å². The van der Waals surface area contributed by atoms with Crippen molar-refractivity contribution in [2.45, 2.75) is 32.4 Å². The van der Waals surface area contributed by atoms with Crippen molar-refractivity contribution in [3.63, 3.8) is 0 Å². The third kappa shape index (κ3) is 6.05. The molecule has 3 aromatic rings. The van der Waals surface area contributed by atoms with Crippen LogP contribution in [0.1, 0.15) is 23.6 Å². The molecular weight excluding hydrogens is 372 g/mol. The van der Waals surface area contributed by atoms with Crippen molar-refractivity contribution in [2.24, 2.45) is 0 Å². The summed E-state index contributed by atoms with van der Waals surface area (Å²) in [4.78, 5) is 28.2. The first-order valence-corrected chi connectivity index (χ1v) is 10.4. The van der Waals surface area contributed by atoms with E-state index in [9.17, 15) is 9.59 Å². The summed E-state index contributed by atoms with van der Waals surface area (Å²) in [6.07, 6.45) is 0.735. The van der Waals surface area contributed by atoms with E-state index in [0.29, 0.717) is 19.5 Å². The van der Waals surface area contributed by atoms with E-state index >= 15 is 0 Å². The highest BCUT2D eigenvalue weighted by Gasteiger charge is 2.30. The predicted octanol–water partition coefficient (Wildman–Crippen LogP) is 4.01. The molecule has 0 bridgehead atoms. The molecule has 3 rings (SSSR count). The van der Waals surface area contributed by atoms with Gasteiger partial charge in [0.1, 0.15) is 6.04 Å². The fraction of sp³-hybridized carbons (Fsp3) is 0.231. The molecule has 0 aliphatic carbocycles. The van der Waals surface area contributed by atoms with Gasteiger partial charge in [-0.3, -0.25) is 9.59 Å². The van der Waals surface area contributed by atoms with Gasteiger partial charge in [-0.1, -0.05) is 91.0 Å². The quantitative estimate of drug-likeness (QED) is 0.590. The van der Waals surface area contributed by atoms with E-state index in [2.05, 4.69) is 5.32 Å². The maximum absolute atomic E-state index is 13.4. The van der Waals surface area contributed by atoms with Gasteiger partial charge in [0.05, 0.1) is 6.42 Å². The minimum atomic E-state index is -0.580. The van der Waals surface area contributed by atoms with Crippen LogP contribution in [0.5, 0.6) is 0 Å². The Labute approximate surface area is 178 Å². The number of rotatable bonds is 9. The highest BCUT2D eigenvalue weighted by Crippen LogP contribution is 2.16. The standard InChI is InChI=1S/C26H28N2O2/c1-2-27-26(30)24(18-21-12-6-3-7-13-21)28(20-23-16-10-5-11-17-23)25(29)19-22-14-8-4-9-15-22/h3-17,24H,2,18-20H2,1H3,(H,27,30). The molecular formula is C26H28N2O2. The largest absolute Gasteiger partial charge is 0.355 e. The number of hydrogen-bond donors (Lipinski definition) is 1. The van der Waals surface area contributed by atoms with E-state index in [-0.39, 0.29) is 18.2 Å². The number of nitrogens with zero attached hydrogens (tertiary/aromatic N) is 1. The summed E-state index contributed by atoms with van der Waals surface area (Å²) in [5, 5.41) is 2.92. The first-order chi connectivity index (χ1) is 14.7. The number of benzene rings is 3. The van der Waals surface area contributed by atoms with Crippen LogP contribution in [0.15, 0.2) is 91.0 Å². The highest BCUT2D eigenvalue weighted by molar-refractivity contribution is 5.88. The van der Waals surface area contributed by atoms with Crippen LogP contribution in [0.4, 0.5) is 0 Å². The normalized spacial score (nSPS) is 11.5. The van der Waals surface area contributed by atoms with Gasteiger partial charge < -0.3 is 10.2 Å². The van der Waals surface area contributed by atoms with Crippen molar-refractivity contribution in [1.82, 2.24) is 10.2 Å². The molecule has 0 aliphatic rings. The Kier molecular flexibility index (Phi) is 7.78. The number of nitrogens with one attached hydrogen (secondary N) is 1. The lowest BCUT2D eigenvalue weighted by Gasteiger charge is -2.31. The number of carbonyl (C=O) groups is 2. The van der Waals surface area contributed by atoms with Crippen LogP contribution in [-0.2, 0) is 29.0 Å². The molecule has 154 valence electrons. The fourth-order valence-electron chi connectivity index (χ4n) is 3.50. The van der Waals surface area contributed by atoms with E-state index in [1.54, 1.807) is 4.90 Å². The molecule has 4 nitrogen and oxygen atoms in total. The van der Waals surface area contributed by atoms with Crippen molar-refractivity contribution >= 4 is 11.8 Å². The maximum atomic E-state index is 13.4. The summed E-state index contributed by atoms with van der Waals surface area (Å²) in [6.45, 7) is 2.81. The molecule has 0 aromatic heterocycles. The summed E-state index contributed by atoms with van der Waals surface area (Å²) in [5.74, 6) is -0.184. The van der Waals surface area contributed by atoms with Crippen LogP contribution in [0.25, 0.3) is 0 Å². The second-order valence-electron chi connectivity index (χ2n) is 7.27. The summed E-state index contributed by atoms with van der Waals surface area (Å²) in [6, 6.07) is 28.8. The minimum absolute atomic E-state index is 0.0581. The molecule has 0 radical (unpaired) electrons. The topological polar surface area (TPSA) is 49.4 Å². The molecule has 2 amide bonds. The number of hydrogen-bond acceptors (Lipinski definition) is 2. The molecule has 1 atom stereocenters. The zero-order valence-corrected chi connectivity index (χ0v) is 17.3. The van der Waals surface area contributed by atoms with Gasteiger partial charge in [-0.25, -0.2) is 0 Å². The average Bonchev–Trinajstić information content (AvgIpc) is 2.78. The van der Waals surface area contributed by atoms with Crippen LogP contribution in [0.2, 0.25) is 0 Å². The summed E-state index contributed by atoms with van der Waals surface area (Å²) in [7, 11) is 0. The van der Waals surface area contributed by atoms with Gasteiger partial charge in [-0.05, 0) is 23.6 Å². The Morgan fingerprint density at radius 2 is 1.27 bits per heavy atom. The minimum Gasteiger partial charge on any atom is -0.355 e. The molecule has 4 heteroatoms. The van der Waals surface area contributed by atoms with E-state index in [1.165, 1.54) is 0 Å². The third-order valence-corrected chi connectivity index (χ3v) is 5.02. The lowest BCUT2D eigenvalue weighted by Crippen LogP contribution is -2.50. The second kappa shape index (κ2) is 11.0. The molecule has 1 N–H and O–H groups in total. The second-order valence-corrected chi connectivity index (χ2v) is 7.27. The van der Waals surface area contributed by atoms with Crippen molar-refractivity contribution in [1.29, 1.82) is 0 Å². The van der Waals surface area contributed by atoms with Gasteiger partial charge >= 0.3 is 0 Å². The van der Waals surface area contributed by atoms with Crippen molar-refractivity contribution < 1.29 is 9.59 Å². The molecule has 0 saturated heterocycles. The van der Waals surface area contributed by atoms with Crippen LogP contribution in [-0.4, -0.2) is 29.3 Å². The third-order valence-electron chi connectivity index (χ3n) is 5.02. The first-order valence-electron chi connectivity index (χ1n) is 10.4. The Morgan fingerprint density at radius 3 is 1.80 bits per heavy atom. The van der Waals surface area contributed by atoms with Gasteiger partial charge in [0.25, 0.3) is 0 Å². The van der Waals surface area contributed by atoms with Crippen molar-refractivity contribution in [3.8, 4) is 0 Å². The van der Waals surface area contributed by atoms with Gasteiger partial charge in [0, 0.05) is 19.5 Å². The van der Waals surface area contributed by atoms with Gasteiger partial charge in [0.2, 0.25) is 11.8 Å². The Bertz CT molecular complexity index is 927. The molecule has 30 heavy (non-hydrogen) atoms. The maximum Gasteiger partial charge on any atom is 0.243 e. The van der Waals surface area contributed by atoms with Crippen LogP contribution >= 0.6 is 0 Å². The van der Waals surface area contributed by atoms with Crippen molar-refractivity contribution in [3.05, 3.63) is 108 Å². The first kappa shape index (κ1) is 21.3. The SMILES string of the molecule is CCNC(=O)C(Cc1ccccc1)N(Cc1ccccc1)C(=O)Cc1ccccc1. The summed E-state index contributed by atoms with van der Waals surface area (Å²) < 4.78 is 0. The molecule has 0 fully saturated rings. The van der Waals surface area contributed by atoms with Crippen LogP contribution < -0.4 is 5.32 Å². The van der Waals surface area contributed by atoms with E-state index in [1.807, 2.05) is 97.9 Å². The van der Waals surface area contributed by atoms with Crippen LogP contribution in [0.3, 0.4) is 0 Å². The summed E-state index contributed by atoms with van der Waals surface area (Å²) in [5.41, 5.74) is 2.97. The van der Waals surface area contributed by atoms with E-state index < -0.39 is 6.04 Å². The number of carbonyl (C=O) groups excluding carboxylic acids is 2. The number of likely N-dealkylation sites (N-methyl/N-ethyl adjacent to an activating group) is 1. The van der Waals surface area contributed by atoms with E-state index in [0.717, 1.165) is 16.7 Å². The Morgan fingerprint density at radius 1 is 0.767 bits per heavy atom. The van der Waals surface area contributed by atoms with Gasteiger partial charge in [-0.15, -0.1) is 0 Å². The molecule has 0 aliphatic heterocycles. The van der Waals surface area contributed by atoms with E-state index in [4.69, 9.17) is 0 Å². The molecule has 0 heterocycles. The lowest BCUT2D eigenvalue weighted by molar-refractivity contribution is -0.140. The Hall–Kier alpha value is -3.40. The monoisotopic (exact) mass is 400 g/mol. The zero-order valence-electron chi connectivity index (χ0n) is 17.3. The molecule has 0 spiro atoms. The van der Waals surface area contributed by atoms with Gasteiger partial charge in [-0.2, -0.15) is 0 Å². The zero-order chi connectivity index (χ0) is 21.2. The smallest absolute Gasteiger partial charge is 0.243 e. The fourth-order valence-corrected chi connectivity index (χ4v) is 3.50. The summed E-state index contributed by atoms with van der Waals surface area (Å²) >= 11 is 0. The van der Waals surface area contributed by atoms with Crippen LogP contribution in [0, 0.1) is 0 Å². The predicted molar refractivity (Wildman–Crippen MR) is 120 cm³/mol. The highest BCUT2D eigenvalue weighted by atomic mass is 16.2. The average molecular weight is 401 g/mol. The molecule has 3 aromatic carbocycles. The molecule has 0 saturated carbocycles. The molecule has 1 unspecified atom stereocenters.